The second kappa shape index (κ2) is 4.97. The summed E-state index contributed by atoms with van der Waals surface area (Å²) in [6.45, 7) is 3.53. The topological polar surface area (TPSA) is 94.0 Å². The van der Waals surface area contributed by atoms with Gasteiger partial charge in [0.2, 0.25) is 18.2 Å². The fourth-order valence-corrected chi connectivity index (χ4v) is 1.44. The van der Waals surface area contributed by atoms with Crippen molar-refractivity contribution < 1.29 is 9.21 Å². The lowest BCUT2D eigenvalue weighted by Gasteiger charge is -2.11. The van der Waals surface area contributed by atoms with E-state index in [9.17, 15) is 4.79 Å². The van der Waals surface area contributed by atoms with Crippen molar-refractivity contribution in [1.29, 1.82) is 0 Å². The maximum atomic E-state index is 11.6. The smallest absolute Gasteiger partial charge is 0.247 e. The summed E-state index contributed by atoms with van der Waals surface area (Å²) in [5, 5.41) is 10.2. The standard InChI is InChI=1S/C12H14N4O2/c1-7-3-4-9(12-16-14-6-18-12)5-10(7)15-11(17)8(2)13/h3-6,8H,13H2,1-2H3,(H,15,17). The van der Waals surface area contributed by atoms with E-state index in [-0.39, 0.29) is 5.91 Å². The molecular formula is C12H14N4O2. The first kappa shape index (κ1) is 12.3. The molecule has 2 rings (SSSR count). The summed E-state index contributed by atoms with van der Waals surface area (Å²) in [5.74, 6) is 0.173. The van der Waals surface area contributed by atoms with Crippen LogP contribution in [0.1, 0.15) is 12.5 Å². The number of hydrogen-bond donors (Lipinski definition) is 2. The molecule has 0 bridgehead atoms. The Balaban J connectivity index is 2.30. The molecule has 0 aliphatic heterocycles. The van der Waals surface area contributed by atoms with Gasteiger partial charge in [0, 0.05) is 11.3 Å². The van der Waals surface area contributed by atoms with Crippen LogP contribution in [-0.2, 0) is 4.79 Å². The minimum Gasteiger partial charge on any atom is -0.423 e. The average Bonchev–Trinajstić information content (AvgIpc) is 2.85. The Morgan fingerprint density at radius 3 is 2.89 bits per heavy atom. The van der Waals surface area contributed by atoms with E-state index in [1.165, 1.54) is 6.39 Å². The van der Waals surface area contributed by atoms with Gasteiger partial charge in [-0.1, -0.05) is 6.07 Å². The van der Waals surface area contributed by atoms with Crippen molar-refractivity contribution in [1.82, 2.24) is 10.2 Å². The van der Waals surface area contributed by atoms with Gasteiger partial charge in [0.05, 0.1) is 6.04 Å². The zero-order chi connectivity index (χ0) is 13.1. The first-order chi connectivity index (χ1) is 8.58. The SMILES string of the molecule is Cc1ccc(-c2nnco2)cc1NC(=O)C(C)N. The minimum absolute atomic E-state index is 0.235. The van der Waals surface area contributed by atoms with Crippen molar-refractivity contribution >= 4 is 11.6 Å². The van der Waals surface area contributed by atoms with Crippen LogP contribution >= 0.6 is 0 Å². The molecule has 1 aromatic heterocycles. The molecular weight excluding hydrogens is 232 g/mol. The molecule has 1 heterocycles. The molecule has 1 aromatic carbocycles. The first-order valence-corrected chi connectivity index (χ1v) is 5.51. The third-order valence-corrected chi connectivity index (χ3v) is 2.52. The van der Waals surface area contributed by atoms with Crippen LogP contribution in [0.25, 0.3) is 11.5 Å². The summed E-state index contributed by atoms with van der Waals surface area (Å²) in [6, 6.07) is 4.94. The van der Waals surface area contributed by atoms with Gasteiger partial charge in [-0.2, -0.15) is 0 Å². The van der Waals surface area contributed by atoms with E-state index < -0.39 is 6.04 Å². The lowest BCUT2D eigenvalue weighted by atomic mass is 10.1. The highest BCUT2D eigenvalue weighted by atomic mass is 16.4. The monoisotopic (exact) mass is 246 g/mol. The van der Waals surface area contributed by atoms with Gasteiger partial charge in [-0.15, -0.1) is 10.2 Å². The van der Waals surface area contributed by atoms with Gasteiger partial charge in [0.15, 0.2) is 0 Å². The van der Waals surface area contributed by atoms with Crippen LogP contribution in [0, 0.1) is 6.92 Å². The van der Waals surface area contributed by atoms with E-state index in [2.05, 4.69) is 15.5 Å². The first-order valence-electron chi connectivity index (χ1n) is 5.51. The molecule has 1 amide bonds. The predicted octanol–water partition coefficient (Wildman–Crippen LogP) is 1.33. The number of rotatable bonds is 3. The molecule has 0 spiro atoms. The van der Waals surface area contributed by atoms with Gasteiger partial charge in [0.1, 0.15) is 0 Å². The van der Waals surface area contributed by atoms with Crippen LogP contribution in [0.2, 0.25) is 0 Å². The normalized spacial score (nSPS) is 12.2. The maximum Gasteiger partial charge on any atom is 0.247 e. The Labute approximate surface area is 104 Å². The molecule has 6 nitrogen and oxygen atoms in total. The van der Waals surface area contributed by atoms with Crippen LogP contribution < -0.4 is 11.1 Å². The Bertz CT molecular complexity index is 549. The summed E-state index contributed by atoms with van der Waals surface area (Å²) < 4.78 is 5.11. The largest absolute Gasteiger partial charge is 0.423 e. The number of hydrogen-bond acceptors (Lipinski definition) is 5. The number of aryl methyl sites for hydroxylation is 1. The van der Waals surface area contributed by atoms with Crippen LogP contribution in [0.15, 0.2) is 29.0 Å². The maximum absolute atomic E-state index is 11.6. The van der Waals surface area contributed by atoms with Gasteiger partial charge in [0.25, 0.3) is 0 Å². The van der Waals surface area contributed by atoms with Gasteiger partial charge in [-0.25, -0.2) is 0 Å². The number of carbonyl (C=O) groups is 1. The van der Waals surface area contributed by atoms with Crippen LogP contribution in [0.4, 0.5) is 5.69 Å². The lowest BCUT2D eigenvalue weighted by molar-refractivity contribution is -0.117. The molecule has 1 unspecified atom stereocenters. The third kappa shape index (κ3) is 2.54. The van der Waals surface area contributed by atoms with Crippen molar-refractivity contribution in [3.8, 4) is 11.5 Å². The Kier molecular flexibility index (Phi) is 3.38. The molecule has 0 aliphatic rings. The molecule has 1 atom stereocenters. The van der Waals surface area contributed by atoms with Crippen molar-refractivity contribution in [3.63, 3.8) is 0 Å². The van der Waals surface area contributed by atoms with E-state index in [0.717, 1.165) is 11.1 Å². The molecule has 0 saturated heterocycles. The fraction of sp³-hybridized carbons (Fsp3) is 0.250. The highest BCUT2D eigenvalue weighted by molar-refractivity contribution is 5.95. The quantitative estimate of drug-likeness (QED) is 0.852. The molecule has 6 heteroatoms. The fourth-order valence-electron chi connectivity index (χ4n) is 1.44. The Hall–Kier alpha value is -2.21. The van der Waals surface area contributed by atoms with Crippen molar-refractivity contribution in [2.75, 3.05) is 5.32 Å². The van der Waals surface area contributed by atoms with Crippen molar-refractivity contribution in [2.45, 2.75) is 19.9 Å². The summed E-state index contributed by atoms with van der Waals surface area (Å²) in [5.41, 5.74) is 7.89. The van der Waals surface area contributed by atoms with E-state index in [1.807, 2.05) is 19.1 Å². The lowest BCUT2D eigenvalue weighted by Crippen LogP contribution is -2.32. The molecule has 18 heavy (non-hydrogen) atoms. The molecule has 3 N–H and O–H groups in total. The molecule has 0 radical (unpaired) electrons. The summed E-state index contributed by atoms with van der Waals surface area (Å²) in [7, 11) is 0. The number of nitrogens with zero attached hydrogens (tertiary/aromatic N) is 2. The number of anilines is 1. The highest BCUT2D eigenvalue weighted by Crippen LogP contribution is 2.23. The van der Waals surface area contributed by atoms with E-state index in [0.29, 0.717) is 11.6 Å². The van der Waals surface area contributed by atoms with E-state index >= 15 is 0 Å². The summed E-state index contributed by atoms with van der Waals surface area (Å²) in [6.07, 6.45) is 1.26. The minimum atomic E-state index is -0.559. The van der Waals surface area contributed by atoms with Crippen LogP contribution in [0.3, 0.4) is 0 Å². The van der Waals surface area contributed by atoms with Crippen LogP contribution in [-0.4, -0.2) is 22.1 Å². The molecule has 0 fully saturated rings. The number of carbonyl (C=O) groups excluding carboxylic acids is 1. The van der Waals surface area contributed by atoms with Crippen LogP contribution in [0.5, 0.6) is 0 Å². The number of amides is 1. The summed E-state index contributed by atoms with van der Waals surface area (Å²) >= 11 is 0. The Morgan fingerprint density at radius 1 is 1.50 bits per heavy atom. The molecule has 0 aliphatic carbocycles. The second-order valence-corrected chi connectivity index (χ2v) is 4.05. The van der Waals surface area contributed by atoms with Crippen molar-refractivity contribution in [3.05, 3.63) is 30.2 Å². The average molecular weight is 246 g/mol. The number of benzene rings is 1. The zero-order valence-corrected chi connectivity index (χ0v) is 10.2. The van der Waals surface area contributed by atoms with E-state index in [4.69, 9.17) is 10.2 Å². The predicted molar refractivity (Wildman–Crippen MR) is 66.8 cm³/mol. The third-order valence-electron chi connectivity index (χ3n) is 2.52. The summed E-state index contributed by atoms with van der Waals surface area (Å²) in [4.78, 5) is 11.6. The van der Waals surface area contributed by atoms with Gasteiger partial charge < -0.3 is 15.5 Å². The van der Waals surface area contributed by atoms with Gasteiger partial charge >= 0.3 is 0 Å². The van der Waals surface area contributed by atoms with Gasteiger partial charge in [-0.05, 0) is 31.5 Å². The number of aromatic nitrogens is 2. The second-order valence-electron chi connectivity index (χ2n) is 4.05. The zero-order valence-electron chi connectivity index (χ0n) is 10.2. The number of nitrogens with one attached hydrogen (secondary N) is 1. The van der Waals surface area contributed by atoms with E-state index in [1.54, 1.807) is 13.0 Å². The van der Waals surface area contributed by atoms with Crippen molar-refractivity contribution in [2.24, 2.45) is 5.73 Å². The Morgan fingerprint density at radius 2 is 2.28 bits per heavy atom. The molecule has 0 saturated carbocycles. The molecule has 2 aromatic rings. The molecule has 94 valence electrons. The van der Waals surface area contributed by atoms with Gasteiger partial charge in [-0.3, -0.25) is 4.79 Å². The highest BCUT2D eigenvalue weighted by Gasteiger charge is 2.11. The number of nitrogens with two attached hydrogens (primary N) is 1.